The number of halogens is 1. The van der Waals surface area contributed by atoms with Crippen molar-refractivity contribution in [3.63, 3.8) is 0 Å². The Morgan fingerprint density at radius 1 is 1.21 bits per heavy atom. The molecule has 3 aliphatic rings. The van der Waals surface area contributed by atoms with E-state index < -0.39 is 11.6 Å². The molecule has 0 radical (unpaired) electrons. The van der Waals surface area contributed by atoms with Crippen LogP contribution >= 0.6 is 0 Å². The zero-order chi connectivity index (χ0) is 19.7. The predicted molar refractivity (Wildman–Crippen MR) is 99.6 cm³/mol. The van der Waals surface area contributed by atoms with Gasteiger partial charge in [-0.3, -0.25) is 19.8 Å². The van der Waals surface area contributed by atoms with E-state index in [0.29, 0.717) is 19.5 Å². The molecule has 0 bridgehead atoms. The fraction of sp³-hybridized carbons (Fsp3) is 0.550. The van der Waals surface area contributed by atoms with Crippen LogP contribution in [-0.2, 0) is 16.1 Å². The molecule has 8 heteroatoms. The number of benzene rings is 1. The van der Waals surface area contributed by atoms with Crippen molar-refractivity contribution in [2.75, 3.05) is 13.1 Å². The molecule has 3 unspecified atom stereocenters. The summed E-state index contributed by atoms with van der Waals surface area (Å²) in [6.07, 6.45) is 3.95. The van der Waals surface area contributed by atoms with E-state index in [1.165, 1.54) is 12.1 Å². The number of amides is 4. The first-order chi connectivity index (χ1) is 13.5. The minimum Gasteiger partial charge on any atom is -0.354 e. The van der Waals surface area contributed by atoms with Crippen LogP contribution in [0.3, 0.4) is 0 Å². The maximum atomic E-state index is 13.1. The minimum atomic E-state index is -0.881. The Labute approximate surface area is 163 Å². The first-order valence-corrected chi connectivity index (χ1v) is 9.88. The molecule has 4 amide bonds. The van der Waals surface area contributed by atoms with Crippen molar-refractivity contribution in [3.05, 3.63) is 35.6 Å². The molecule has 28 heavy (non-hydrogen) atoms. The lowest BCUT2D eigenvalue weighted by molar-refractivity contribution is -0.128. The molecule has 1 aromatic rings. The van der Waals surface area contributed by atoms with Crippen molar-refractivity contribution >= 4 is 17.8 Å². The molecule has 3 N–H and O–H groups in total. The topological polar surface area (TPSA) is 90.5 Å². The highest BCUT2D eigenvalue weighted by atomic mass is 19.1. The molecular formula is C20H25FN4O3. The van der Waals surface area contributed by atoms with Crippen molar-refractivity contribution in [3.8, 4) is 0 Å². The van der Waals surface area contributed by atoms with E-state index >= 15 is 0 Å². The lowest BCUT2D eigenvalue weighted by Crippen LogP contribution is -2.54. The zero-order valence-corrected chi connectivity index (χ0v) is 15.7. The zero-order valence-electron chi connectivity index (χ0n) is 15.7. The molecule has 2 saturated heterocycles. The second kappa shape index (κ2) is 7.50. The first kappa shape index (κ1) is 18.9. The van der Waals surface area contributed by atoms with E-state index in [1.54, 1.807) is 12.1 Å². The van der Waals surface area contributed by atoms with Gasteiger partial charge in [-0.2, -0.15) is 0 Å². The molecule has 4 rings (SSSR count). The van der Waals surface area contributed by atoms with Gasteiger partial charge in [0, 0.05) is 19.0 Å². The largest absolute Gasteiger partial charge is 0.354 e. The summed E-state index contributed by atoms with van der Waals surface area (Å²) in [5.41, 5.74) is 0.0922. The molecule has 150 valence electrons. The van der Waals surface area contributed by atoms with Gasteiger partial charge in [-0.1, -0.05) is 18.6 Å². The third kappa shape index (κ3) is 3.48. The third-order valence-electron chi connectivity index (χ3n) is 6.28. The molecule has 2 aliphatic heterocycles. The molecule has 3 fully saturated rings. The molecule has 1 saturated carbocycles. The second-order valence-electron chi connectivity index (χ2n) is 7.97. The SMILES string of the molecule is O=C1NC(=O)C2(CCCC2CNC(=O)C2CCCN2Cc2ccc(F)cc2)N1. The molecule has 1 aromatic carbocycles. The van der Waals surface area contributed by atoms with Crippen LogP contribution in [0.15, 0.2) is 24.3 Å². The van der Waals surface area contributed by atoms with Crippen molar-refractivity contribution < 1.29 is 18.8 Å². The molecular weight excluding hydrogens is 363 g/mol. The van der Waals surface area contributed by atoms with E-state index in [9.17, 15) is 18.8 Å². The quantitative estimate of drug-likeness (QED) is 0.663. The van der Waals surface area contributed by atoms with Crippen LogP contribution in [0.4, 0.5) is 9.18 Å². The second-order valence-corrected chi connectivity index (χ2v) is 7.97. The van der Waals surface area contributed by atoms with E-state index in [-0.39, 0.29) is 29.6 Å². The normalized spacial score (nSPS) is 29.9. The van der Waals surface area contributed by atoms with Gasteiger partial charge in [0.25, 0.3) is 5.91 Å². The van der Waals surface area contributed by atoms with E-state index in [4.69, 9.17) is 0 Å². The van der Waals surface area contributed by atoms with E-state index in [2.05, 4.69) is 20.9 Å². The van der Waals surface area contributed by atoms with Crippen LogP contribution < -0.4 is 16.0 Å². The van der Waals surface area contributed by atoms with E-state index in [0.717, 1.165) is 37.8 Å². The Kier molecular flexibility index (Phi) is 5.05. The number of hydrogen-bond donors (Lipinski definition) is 3. The molecule has 1 aliphatic carbocycles. The number of rotatable bonds is 5. The summed E-state index contributed by atoms with van der Waals surface area (Å²) >= 11 is 0. The number of imide groups is 1. The summed E-state index contributed by atoms with van der Waals surface area (Å²) in [6.45, 7) is 1.79. The van der Waals surface area contributed by atoms with Crippen LogP contribution in [0.2, 0.25) is 0 Å². The molecule has 0 aromatic heterocycles. The summed E-state index contributed by atoms with van der Waals surface area (Å²) in [5.74, 6) is -0.706. The Bertz CT molecular complexity index is 784. The van der Waals surface area contributed by atoms with Gasteiger partial charge in [-0.25, -0.2) is 9.18 Å². The van der Waals surface area contributed by atoms with Crippen LogP contribution in [0, 0.1) is 11.7 Å². The van der Waals surface area contributed by atoms with Gasteiger partial charge >= 0.3 is 6.03 Å². The highest BCUT2D eigenvalue weighted by molar-refractivity contribution is 6.07. The summed E-state index contributed by atoms with van der Waals surface area (Å²) in [5, 5.41) is 8.11. The van der Waals surface area contributed by atoms with Gasteiger partial charge in [0.1, 0.15) is 11.4 Å². The average Bonchev–Trinajstić information content (AvgIpc) is 3.35. The van der Waals surface area contributed by atoms with Crippen LogP contribution in [0.25, 0.3) is 0 Å². The standard InChI is InChI=1S/C20H25FN4O3/c21-15-7-5-13(6-8-15)12-25-10-2-4-16(25)17(26)22-11-14-3-1-9-20(14)18(27)23-19(28)24-20/h5-8,14,16H,1-4,9-12H2,(H,22,26)(H2,23,24,27,28). The smallest absolute Gasteiger partial charge is 0.322 e. The first-order valence-electron chi connectivity index (χ1n) is 9.88. The maximum absolute atomic E-state index is 13.1. The van der Waals surface area contributed by atoms with Crippen LogP contribution in [-0.4, -0.2) is 47.4 Å². The minimum absolute atomic E-state index is 0.0496. The van der Waals surface area contributed by atoms with Crippen LogP contribution in [0.5, 0.6) is 0 Å². The van der Waals surface area contributed by atoms with Gasteiger partial charge < -0.3 is 10.6 Å². The van der Waals surface area contributed by atoms with Crippen LogP contribution in [0.1, 0.15) is 37.7 Å². The van der Waals surface area contributed by atoms with Gasteiger partial charge in [0.05, 0.1) is 6.04 Å². The summed E-state index contributed by atoms with van der Waals surface area (Å²) in [7, 11) is 0. The van der Waals surface area contributed by atoms with E-state index in [1.807, 2.05) is 0 Å². The highest BCUT2D eigenvalue weighted by Crippen LogP contribution is 2.37. The maximum Gasteiger partial charge on any atom is 0.322 e. The van der Waals surface area contributed by atoms with Gasteiger partial charge in [0.15, 0.2) is 0 Å². The monoisotopic (exact) mass is 388 g/mol. The fourth-order valence-electron chi connectivity index (χ4n) is 4.80. The summed E-state index contributed by atoms with van der Waals surface area (Å²) < 4.78 is 13.1. The Hall–Kier alpha value is -2.48. The van der Waals surface area contributed by atoms with Crippen molar-refractivity contribution in [1.29, 1.82) is 0 Å². The number of nitrogens with one attached hydrogen (secondary N) is 3. The summed E-state index contributed by atoms with van der Waals surface area (Å²) in [6, 6.07) is 5.67. The molecule has 2 heterocycles. The van der Waals surface area contributed by atoms with Crippen molar-refractivity contribution in [2.45, 2.75) is 50.2 Å². The Balaban J connectivity index is 1.36. The van der Waals surface area contributed by atoms with Crippen molar-refractivity contribution in [1.82, 2.24) is 20.9 Å². The van der Waals surface area contributed by atoms with Crippen molar-refractivity contribution in [2.24, 2.45) is 5.92 Å². The lowest BCUT2D eigenvalue weighted by atomic mass is 9.87. The number of nitrogens with zero attached hydrogens (tertiary/aromatic N) is 1. The molecule has 1 spiro atoms. The number of carbonyl (C=O) groups excluding carboxylic acids is 3. The number of likely N-dealkylation sites (tertiary alicyclic amines) is 1. The number of carbonyl (C=O) groups is 3. The third-order valence-corrected chi connectivity index (χ3v) is 6.28. The van der Waals surface area contributed by atoms with Gasteiger partial charge in [-0.05, 0) is 49.9 Å². The number of hydrogen-bond acceptors (Lipinski definition) is 4. The predicted octanol–water partition coefficient (Wildman–Crippen LogP) is 1.28. The highest BCUT2D eigenvalue weighted by Gasteiger charge is 2.54. The lowest BCUT2D eigenvalue weighted by Gasteiger charge is -2.29. The van der Waals surface area contributed by atoms with Gasteiger partial charge in [0.2, 0.25) is 5.91 Å². The molecule has 7 nitrogen and oxygen atoms in total. The fourth-order valence-corrected chi connectivity index (χ4v) is 4.80. The molecule has 3 atom stereocenters. The Morgan fingerprint density at radius 2 is 2.00 bits per heavy atom. The number of urea groups is 1. The average molecular weight is 388 g/mol. The Morgan fingerprint density at radius 3 is 2.71 bits per heavy atom. The summed E-state index contributed by atoms with van der Waals surface area (Å²) in [4.78, 5) is 38.8. The van der Waals surface area contributed by atoms with Gasteiger partial charge in [-0.15, -0.1) is 0 Å².